The minimum Gasteiger partial charge on any atom is -0.454 e. The van der Waals surface area contributed by atoms with Gasteiger partial charge in [-0.25, -0.2) is 0 Å². The Labute approximate surface area is 120 Å². The minimum absolute atomic E-state index is 0.441. The van der Waals surface area contributed by atoms with Gasteiger partial charge in [0.05, 0.1) is 5.56 Å². The van der Waals surface area contributed by atoms with Crippen molar-refractivity contribution in [2.24, 2.45) is 0 Å². The van der Waals surface area contributed by atoms with Crippen LogP contribution in [0.2, 0.25) is 0 Å². The molecule has 0 saturated carbocycles. The first kappa shape index (κ1) is 11.7. The number of nitrogens with two attached hydrogens (primary N) is 1. The van der Waals surface area contributed by atoms with Crippen LogP contribution in [0.4, 0.5) is 5.82 Å². The van der Waals surface area contributed by atoms with E-state index in [1.165, 1.54) is 0 Å². The first-order valence-electron chi connectivity index (χ1n) is 6.56. The molecule has 5 nitrogen and oxygen atoms in total. The highest BCUT2D eigenvalue weighted by Gasteiger charge is 2.17. The predicted octanol–water partition coefficient (Wildman–Crippen LogP) is 3.47. The van der Waals surface area contributed by atoms with E-state index < -0.39 is 0 Å². The van der Waals surface area contributed by atoms with Crippen LogP contribution in [0.3, 0.4) is 0 Å². The molecule has 5 heteroatoms. The van der Waals surface area contributed by atoms with Crippen molar-refractivity contribution in [3.05, 3.63) is 54.9 Å². The molecule has 0 saturated heterocycles. The van der Waals surface area contributed by atoms with Gasteiger partial charge in [0.25, 0.3) is 0 Å². The van der Waals surface area contributed by atoms with Crippen molar-refractivity contribution in [1.29, 1.82) is 0 Å². The lowest BCUT2D eigenvalue weighted by atomic mass is 10.1. The molecule has 3 aromatic heterocycles. The SMILES string of the molecule is Nc1n[nH]c(-c2cc3ccccc3o2)c1-c1ccncc1. The van der Waals surface area contributed by atoms with E-state index in [9.17, 15) is 0 Å². The van der Waals surface area contributed by atoms with Crippen molar-refractivity contribution in [1.82, 2.24) is 15.2 Å². The Hall–Kier alpha value is -3.08. The number of rotatable bonds is 2. The van der Waals surface area contributed by atoms with Gasteiger partial charge in [-0.05, 0) is 29.8 Å². The van der Waals surface area contributed by atoms with Crippen LogP contribution in [-0.2, 0) is 0 Å². The summed E-state index contributed by atoms with van der Waals surface area (Å²) in [5.41, 5.74) is 9.39. The van der Waals surface area contributed by atoms with E-state index >= 15 is 0 Å². The maximum absolute atomic E-state index is 6.00. The number of hydrogen-bond acceptors (Lipinski definition) is 4. The maximum atomic E-state index is 6.00. The molecule has 0 bridgehead atoms. The smallest absolute Gasteiger partial charge is 0.153 e. The summed E-state index contributed by atoms with van der Waals surface area (Å²) >= 11 is 0. The Balaban J connectivity index is 1.93. The van der Waals surface area contributed by atoms with Crippen LogP contribution in [0.5, 0.6) is 0 Å². The summed E-state index contributed by atoms with van der Waals surface area (Å²) in [4.78, 5) is 4.03. The molecule has 0 spiro atoms. The van der Waals surface area contributed by atoms with E-state index in [0.717, 1.165) is 27.8 Å². The molecule has 0 aliphatic carbocycles. The highest BCUT2D eigenvalue weighted by atomic mass is 16.3. The zero-order chi connectivity index (χ0) is 14.2. The Bertz CT molecular complexity index is 875. The van der Waals surface area contributed by atoms with Gasteiger partial charge in [0.1, 0.15) is 11.3 Å². The molecule has 3 heterocycles. The van der Waals surface area contributed by atoms with Crippen LogP contribution in [0, 0.1) is 0 Å². The van der Waals surface area contributed by atoms with Crippen molar-refractivity contribution in [2.45, 2.75) is 0 Å². The van der Waals surface area contributed by atoms with Crippen molar-refractivity contribution in [3.63, 3.8) is 0 Å². The number of benzene rings is 1. The predicted molar refractivity (Wildman–Crippen MR) is 81.4 cm³/mol. The van der Waals surface area contributed by atoms with Crippen LogP contribution < -0.4 is 5.73 Å². The molecular formula is C16H12N4O. The Kier molecular flexibility index (Phi) is 2.50. The third-order valence-corrected chi connectivity index (χ3v) is 3.44. The summed E-state index contributed by atoms with van der Waals surface area (Å²) < 4.78 is 5.89. The number of aromatic amines is 1. The molecule has 0 radical (unpaired) electrons. The molecule has 4 aromatic rings. The topological polar surface area (TPSA) is 80.7 Å². The second-order valence-electron chi connectivity index (χ2n) is 4.74. The van der Waals surface area contributed by atoms with Gasteiger partial charge in [-0.15, -0.1) is 0 Å². The summed E-state index contributed by atoms with van der Waals surface area (Å²) in [5, 5.41) is 8.12. The van der Waals surface area contributed by atoms with Crippen molar-refractivity contribution in [2.75, 3.05) is 5.73 Å². The number of furan rings is 1. The number of fused-ring (bicyclic) bond motifs is 1. The van der Waals surface area contributed by atoms with Crippen LogP contribution in [0.25, 0.3) is 33.6 Å². The van der Waals surface area contributed by atoms with E-state index in [-0.39, 0.29) is 0 Å². The largest absolute Gasteiger partial charge is 0.454 e. The molecule has 21 heavy (non-hydrogen) atoms. The third-order valence-electron chi connectivity index (χ3n) is 3.44. The van der Waals surface area contributed by atoms with Crippen LogP contribution in [0.1, 0.15) is 0 Å². The molecule has 3 N–H and O–H groups in total. The van der Waals surface area contributed by atoms with Crippen LogP contribution in [0.15, 0.2) is 59.3 Å². The third kappa shape index (κ3) is 1.87. The fourth-order valence-corrected chi connectivity index (χ4v) is 2.45. The van der Waals surface area contributed by atoms with Gasteiger partial charge in [-0.3, -0.25) is 10.1 Å². The van der Waals surface area contributed by atoms with Gasteiger partial charge in [0, 0.05) is 17.8 Å². The van der Waals surface area contributed by atoms with Crippen molar-refractivity contribution < 1.29 is 4.42 Å². The van der Waals surface area contributed by atoms with Gasteiger partial charge in [0.15, 0.2) is 11.6 Å². The van der Waals surface area contributed by atoms with Gasteiger partial charge in [-0.1, -0.05) is 18.2 Å². The number of hydrogen-bond donors (Lipinski definition) is 2. The molecule has 0 unspecified atom stereocenters. The highest BCUT2D eigenvalue weighted by Crippen LogP contribution is 2.36. The zero-order valence-electron chi connectivity index (χ0n) is 11.1. The highest BCUT2D eigenvalue weighted by molar-refractivity contribution is 5.90. The Morgan fingerprint density at radius 1 is 1.05 bits per heavy atom. The summed E-state index contributed by atoms with van der Waals surface area (Å²) in [6.45, 7) is 0. The number of aromatic nitrogens is 3. The summed E-state index contributed by atoms with van der Waals surface area (Å²) in [6, 6.07) is 13.6. The molecule has 0 atom stereocenters. The average molecular weight is 276 g/mol. The van der Waals surface area contributed by atoms with E-state index in [1.54, 1.807) is 12.4 Å². The number of nitrogen functional groups attached to an aromatic ring is 1. The monoisotopic (exact) mass is 276 g/mol. The number of para-hydroxylation sites is 1. The minimum atomic E-state index is 0.441. The standard InChI is InChI=1S/C16H12N4O/c17-16-14(10-5-7-18-8-6-10)15(19-20-16)13-9-11-3-1-2-4-12(11)21-13/h1-9H,(H3,17,19,20). The van der Waals surface area contributed by atoms with Gasteiger partial charge in [0.2, 0.25) is 0 Å². The average Bonchev–Trinajstić information content (AvgIpc) is 3.11. The number of nitrogens with one attached hydrogen (secondary N) is 1. The van der Waals surface area contributed by atoms with E-state index in [0.29, 0.717) is 11.6 Å². The lowest BCUT2D eigenvalue weighted by Crippen LogP contribution is -1.88. The Morgan fingerprint density at radius 3 is 2.67 bits per heavy atom. The fourth-order valence-electron chi connectivity index (χ4n) is 2.45. The summed E-state index contributed by atoms with van der Waals surface area (Å²) in [5.74, 6) is 1.16. The molecule has 0 amide bonds. The van der Waals surface area contributed by atoms with Gasteiger partial charge in [-0.2, -0.15) is 5.10 Å². The normalized spacial score (nSPS) is 11.0. The summed E-state index contributed by atoms with van der Waals surface area (Å²) in [7, 11) is 0. The van der Waals surface area contributed by atoms with Gasteiger partial charge >= 0.3 is 0 Å². The first-order chi connectivity index (χ1) is 10.3. The second-order valence-corrected chi connectivity index (χ2v) is 4.74. The maximum Gasteiger partial charge on any atom is 0.153 e. The lowest BCUT2D eigenvalue weighted by Gasteiger charge is -2.01. The molecule has 0 aliphatic rings. The van der Waals surface area contributed by atoms with Crippen LogP contribution >= 0.6 is 0 Å². The first-order valence-corrected chi connectivity index (χ1v) is 6.56. The molecule has 1 aromatic carbocycles. The molecule has 0 aliphatic heterocycles. The van der Waals surface area contributed by atoms with E-state index in [1.807, 2.05) is 42.5 Å². The second kappa shape index (κ2) is 4.49. The van der Waals surface area contributed by atoms with Crippen LogP contribution in [-0.4, -0.2) is 15.2 Å². The molecule has 4 rings (SSSR count). The van der Waals surface area contributed by atoms with Gasteiger partial charge < -0.3 is 10.2 Å². The van der Waals surface area contributed by atoms with Crippen molar-refractivity contribution >= 4 is 16.8 Å². The zero-order valence-corrected chi connectivity index (χ0v) is 11.1. The number of H-pyrrole nitrogens is 1. The fraction of sp³-hybridized carbons (Fsp3) is 0. The molecular weight excluding hydrogens is 264 g/mol. The number of pyridine rings is 1. The number of anilines is 1. The van der Waals surface area contributed by atoms with Crippen molar-refractivity contribution in [3.8, 4) is 22.6 Å². The Morgan fingerprint density at radius 2 is 1.86 bits per heavy atom. The van der Waals surface area contributed by atoms with E-state index in [2.05, 4.69) is 15.2 Å². The molecule has 0 fully saturated rings. The quantitative estimate of drug-likeness (QED) is 0.587. The molecule has 102 valence electrons. The number of nitrogens with zero attached hydrogens (tertiary/aromatic N) is 2. The lowest BCUT2D eigenvalue weighted by molar-refractivity contribution is 0.628. The summed E-state index contributed by atoms with van der Waals surface area (Å²) in [6.07, 6.45) is 3.45. The van der Waals surface area contributed by atoms with E-state index in [4.69, 9.17) is 10.2 Å².